The van der Waals surface area contributed by atoms with Gasteiger partial charge < -0.3 is 16.3 Å². The zero-order chi connectivity index (χ0) is 11.1. The van der Waals surface area contributed by atoms with Crippen LogP contribution >= 0.6 is 0 Å². The van der Waals surface area contributed by atoms with E-state index in [2.05, 4.69) is 17.4 Å². The first-order valence-corrected chi connectivity index (χ1v) is 5.94. The molecule has 88 valence electrons. The summed E-state index contributed by atoms with van der Waals surface area (Å²) in [4.78, 5) is 0. The van der Waals surface area contributed by atoms with E-state index in [-0.39, 0.29) is 0 Å². The van der Waals surface area contributed by atoms with Crippen LogP contribution in [-0.4, -0.2) is 23.6 Å². The van der Waals surface area contributed by atoms with E-state index in [1.54, 1.807) is 0 Å². The fraction of sp³-hybridized carbons (Fsp3) is 0.909. The van der Waals surface area contributed by atoms with E-state index in [9.17, 15) is 0 Å². The zero-order valence-electron chi connectivity index (χ0n) is 9.58. The van der Waals surface area contributed by atoms with Crippen LogP contribution in [-0.2, 0) is 0 Å². The first kappa shape index (κ1) is 12.3. The van der Waals surface area contributed by atoms with Crippen molar-refractivity contribution in [1.29, 1.82) is 0 Å². The Balaban J connectivity index is 2.04. The van der Waals surface area contributed by atoms with Crippen LogP contribution in [0, 0.1) is 5.92 Å². The molecule has 1 atom stereocenters. The molecule has 0 heterocycles. The van der Waals surface area contributed by atoms with Gasteiger partial charge in [0.15, 0.2) is 0 Å². The van der Waals surface area contributed by atoms with Crippen LogP contribution in [0.3, 0.4) is 0 Å². The zero-order valence-corrected chi connectivity index (χ0v) is 9.58. The van der Waals surface area contributed by atoms with E-state index < -0.39 is 0 Å². The normalized spacial score (nSPS) is 20.7. The molecule has 0 aromatic heterocycles. The Morgan fingerprint density at radius 1 is 1.53 bits per heavy atom. The van der Waals surface area contributed by atoms with E-state index in [4.69, 9.17) is 10.9 Å². The van der Waals surface area contributed by atoms with Crippen LogP contribution in [0.4, 0.5) is 0 Å². The number of nitrogens with zero attached hydrogens (tertiary/aromatic N) is 1. The molecule has 0 amide bonds. The molecule has 1 aliphatic carbocycles. The monoisotopic (exact) mass is 213 g/mol. The highest BCUT2D eigenvalue weighted by molar-refractivity contribution is 5.79. The minimum atomic E-state index is 0.324. The summed E-state index contributed by atoms with van der Waals surface area (Å²) in [7, 11) is 0. The molecule has 0 bridgehead atoms. The highest BCUT2D eigenvalue weighted by Crippen LogP contribution is 2.27. The van der Waals surface area contributed by atoms with Gasteiger partial charge in [-0.25, -0.2) is 0 Å². The van der Waals surface area contributed by atoms with Crippen LogP contribution in [0.5, 0.6) is 0 Å². The molecule has 1 aliphatic rings. The fourth-order valence-electron chi connectivity index (χ4n) is 2.27. The summed E-state index contributed by atoms with van der Waals surface area (Å²) in [6.45, 7) is 3.22. The molecule has 15 heavy (non-hydrogen) atoms. The summed E-state index contributed by atoms with van der Waals surface area (Å²) in [6, 6.07) is 0.611. The average Bonchev–Trinajstić information content (AvgIpc) is 2.77. The largest absolute Gasteiger partial charge is 0.409 e. The van der Waals surface area contributed by atoms with Crippen molar-refractivity contribution in [1.82, 2.24) is 5.32 Å². The van der Waals surface area contributed by atoms with Crippen LogP contribution in [0.1, 0.15) is 45.4 Å². The van der Waals surface area contributed by atoms with Crippen molar-refractivity contribution in [3.05, 3.63) is 0 Å². The van der Waals surface area contributed by atoms with E-state index >= 15 is 0 Å². The summed E-state index contributed by atoms with van der Waals surface area (Å²) < 4.78 is 0. The first-order valence-electron chi connectivity index (χ1n) is 5.94. The minimum absolute atomic E-state index is 0.324. The Labute approximate surface area is 91.9 Å². The molecule has 0 aliphatic heterocycles. The Morgan fingerprint density at radius 2 is 2.20 bits per heavy atom. The highest BCUT2D eigenvalue weighted by Gasteiger charge is 2.20. The summed E-state index contributed by atoms with van der Waals surface area (Å²) in [6.07, 6.45) is 7.12. The van der Waals surface area contributed by atoms with E-state index in [1.807, 2.05) is 0 Å². The van der Waals surface area contributed by atoms with Crippen molar-refractivity contribution >= 4 is 5.84 Å². The molecule has 1 rings (SSSR count). The lowest BCUT2D eigenvalue weighted by Crippen LogP contribution is -2.33. The molecule has 1 unspecified atom stereocenters. The van der Waals surface area contributed by atoms with Gasteiger partial charge in [-0.2, -0.15) is 0 Å². The Kier molecular flexibility index (Phi) is 5.47. The van der Waals surface area contributed by atoms with E-state index in [1.165, 1.54) is 25.7 Å². The van der Waals surface area contributed by atoms with Gasteiger partial charge in [-0.05, 0) is 38.6 Å². The number of amidine groups is 1. The van der Waals surface area contributed by atoms with Crippen LogP contribution in [0.2, 0.25) is 0 Å². The molecule has 0 aromatic carbocycles. The summed E-state index contributed by atoms with van der Waals surface area (Å²) in [5.74, 6) is 1.18. The van der Waals surface area contributed by atoms with Gasteiger partial charge in [0.25, 0.3) is 0 Å². The lowest BCUT2D eigenvalue weighted by Gasteiger charge is -2.20. The first-order chi connectivity index (χ1) is 7.24. The lowest BCUT2D eigenvalue weighted by atomic mass is 10.00. The molecule has 4 nitrogen and oxygen atoms in total. The number of nitrogens with two attached hydrogens (primary N) is 1. The Bertz CT molecular complexity index is 200. The average molecular weight is 213 g/mol. The smallest absolute Gasteiger partial charge is 0.139 e. The maximum absolute atomic E-state index is 8.36. The second-order valence-corrected chi connectivity index (χ2v) is 4.48. The van der Waals surface area contributed by atoms with Crippen LogP contribution in [0.25, 0.3) is 0 Å². The van der Waals surface area contributed by atoms with Gasteiger partial charge >= 0.3 is 0 Å². The van der Waals surface area contributed by atoms with E-state index in [0.717, 1.165) is 18.9 Å². The number of hydrogen-bond acceptors (Lipinski definition) is 3. The molecule has 0 aromatic rings. The lowest BCUT2D eigenvalue weighted by molar-refractivity contribution is 0.316. The summed E-state index contributed by atoms with van der Waals surface area (Å²) in [5.41, 5.74) is 5.38. The van der Waals surface area contributed by atoms with Crippen molar-refractivity contribution < 1.29 is 5.21 Å². The third-order valence-electron chi connectivity index (χ3n) is 3.31. The predicted octanol–water partition coefficient (Wildman–Crippen LogP) is 1.68. The Hall–Kier alpha value is -0.770. The van der Waals surface area contributed by atoms with Crippen LogP contribution < -0.4 is 11.1 Å². The van der Waals surface area contributed by atoms with Gasteiger partial charge in [-0.3, -0.25) is 0 Å². The Morgan fingerprint density at radius 3 is 2.80 bits per heavy atom. The molecular formula is C11H23N3O. The second kappa shape index (κ2) is 6.67. The van der Waals surface area contributed by atoms with Crippen molar-refractivity contribution in [3.63, 3.8) is 0 Å². The topological polar surface area (TPSA) is 70.6 Å². The van der Waals surface area contributed by atoms with Gasteiger partial charge in [0.2, 0.25) is 0 Å². The summed E-state index contributed by atoms with van der Waals surface area (Å²) >= 11 is 0. The third-order valence-corrected chi connectivity index (χ3v) is 3.31. The standard InChI is InChI=1S/C11H23N3O/c1-9(10-5-2-3-6-10)13-8-4-7-11(12)14-15/h9-10,13,15H,2-8H2,1H3,(H2,12,14). The highest BCUT2D eigenvalue weighted by atomic mass is 16.4. The van der Waals surface area contributed by atoms with Gasteiger partial charge in [-0.1, -0.05) is 18.0 Å². The number of nitrogens with one attached hydrogen (secondary N) is 1. The number of rotatable bonds is 6. The van der Waals surface area contributed by atoms with Gasteiger partial charge in [-0.15, -0.1) is 0 Å². The van der Waals surface area contributed by atoms with Gasteiger partial charge in [0.05, 0.1) is 0 Å². The van der Waals surface area contributed by atoms with Crippen molar-refractivity contribution in [3.8, 4) is 0 Å². The van der Waals surface area contributed by atoms with Gasteiger partial charge in [0, 0.05) is 12.5 Å². The molecule has 0 spiro atoms. The minimum Gasteiger partial charge on any atom is -0.409 e. The predicted molar refractivity (Wildman–Crippen MR) is 62.1 cm³/mol. The molecule has 1 saturated carbocycles. The molecular weight excluding hydrogens is 190 g/mol. The second-order valence-electron chi connectivity index (χ2n) is 4.48. The molecule has 0 radical (unpaired) electrons. The van der Waals surface area contributed by atoms with Crippen LogP contribution in [0.15, 0.2) is 5.16 Å². The number of oxime groups is 1. The molecule has 1 fully saturated rings. The quantitative estimate of drug-likeness (QED) is 0.207. The third kappa shape index (κ3) is 4.51. The SMILES string of the molecule is CC(NCCCC(N)=NO)C1CCCC1. The molecule has 4 heteroatoms. The summed E-state index contributed by atoms with van der Waals surface area (Å²) in [5, 5.41) is 14.8. The maximum Gasteiger partial charge on any atom is 0.139 e. The maximum atomic E-state index is 8.36. The van der Waals surface area contributed by atoms with Gasteiger partial charge in [0.1, 0.15) is 5.84 Å². The number of hydrogen-bond donors (Lipinski definition) is 3. The van der Waals surface area contributed by atoms with Crippen molar-refractivity contribution in [2.75, 3.05) is 6.54 Å². The molecule has 0 saturated heterocycles. The fourth-order valence-corrected chi connectivity index (χ4v) is 2.27. The van der Waals surface area contributed by atoms with E-state index in [0.29, 0.717) is 18.3 Å². The van der Waals surface area contributed by atoms with Crippen molar-refractivity contribution in [2.24, 2.45) is 16.8 Å². The van der Waals surface area contributed by atoms with Crippen molar-refractivity contribution in [2.45, 2.75) is 51.5 Å². The molecule has 4 N–H and O–H groups in total.